The zero-order chi connectivity index (χ0) is 9.68. The second-order valence-electron chi connectivity index (χ2n) is 3.26. The zero-order valence-electron chi connectivity index (χ0n) is 8.45. The van der Waals surface area contributed by atoms with Crippen LogP contribution in [0, 0.1) is 0 Å². The summed E-state index contributed by atoms with van der Waals surface area (Å²) >= 11 is 0. The van der Waals surface area contributed by atoms with Crippen molar-refractivity contribution in [2.24, 2.45) is 7.05 Å². The van der Waals surface area contributed by atoms with Crippen molar-refractivity contribution in [2.45, 2.75) is 19.5 Å². The summed E-state index contributed by atoms with van der Waals surface area (Å²) in [5, 5.41) is 7.42. The van der Waals surface area contributed by atoms with Gasteiger partial charge in [-0.25, -0.2) is 0 Å². The van der Waals surface area contributed by atoms with E-state index < -0.39 is 0 Å². The number of aromatic nitrogens is 2. The Bertz CT molecular complexity index is 247. The Morgan fingerprint density at radius 2 is 2.46 bits per heavy atom. The standard InChI is InChI=1S/C9H17N3O/c1-8(7-13-3)10-4-9-5-11-12(2)6-9/h5-6,8,10H,4,7H2,1-3H3. The highest BCUT2D eigenvalue weighted by atomic mass is 16.5. The Morgan fingerprint density at radius 3 is 3.00 bits per heavy atom. The summed E-state index contributed by atoms with van der Waals surface area (Å²) in [5.74, 6) is 0. The molecule has 1 atom stereocenters. The second kappa shape index (κ2) is 4.99. The van der Waals surface area contributed by atoms with Gasteiger partial charge in [0, 0.05) is 38.5 Å². The first-order chi connectivity index (χ1) is 6.22. The molecule has 0 fully saturated rings. The van der Waals surface area contributed by atoms with E-state index >= 15 is 0 Å². The van der Waals surface area contributed by atoms with Gasteiger partial charge < -0.3 is 10.1 Å². The maximum Gasteiger partial charge on any atom is 0.0613 e. The lowest BCUT2D eigenvalue weighted by Gasteiger charge is -2.10. The molecule has 0 aliphatic rings. The maximum atomic E-state index is 5.01. The molecule has 1 N–H and O–H groups in total. The number of hydrogen-bond acceptors (Lipinski definition) is 3. The van der Waals surface area contributed by atoms with Crippen LogP contribution < -0.4 is 5.32 Å². The summed E-state index contributed by atoms with van der Waals surface area (Å²) in [6.45, 7) is 3.68. The van der Waals surface area contributed by atoms with Crippen LogP contribution in [0.15, 0.2) is 12.4 Å². The van der Waals surface area contributed by atoms with Gasteiger partial charge in [0.25, 0.3) is 0 Å². The van der Waals surface area contributed by atoms with Crippen molar-refractivity contribution in [1.82, 2.24) is 15.1 Å². The SMILES string of the molecule is COCC(C)NCc1cnn(C)c1. The third-order valence-electron chi connectivity index (χ3n) is 1.83. The molecule has 1 heterocycles. The van der Waals surface area contributed by atoms with Crippen molar-refractivity contribution in [1.29, 1.82) is 0 Å². The predicted molar refractivity (Wildman–Crippen MR) is 51.4 cm³/mol. The lowest BCUT2D eigenvalue weighted by Crippen LogP contribution is -2.29. The fourth-order valence-electron chi connectivity index (χ4n) is 1.16. The number of hydrogen-bond donors (Lipinski definition) is 1. The molecule has 4 nitrogen and oxygen atoms in total. The van der Waals surface area contributed by atoms with Gasteiger partial charge in [-0.2, -0.15) is 5.10 Å². The Hall–Kier alpha value is -0.870. The first kappa shape index (κ1) is 10.2. The van der Waals surface area contributed by atoms with Crippen LogP contribution in [0.4, 0.5) is 0 Å². The van der Waals surface area contributed by atoms with Crippen LogP contribution in [0.1, 0.15) is 12.5 Å². The maximum absolute atomic E-state index is 5.01. The van der Waals surface area contributed by atoms with E-state index in [-0.39, 0.29) is 0 Å². The van der Waals surface area contributed by atoms with Crippen LogP contribution in [-0.2, 0) is 18.3 Å². The fraction of sp³-hybridized carbons (Fsp3) is 0.667. The van der Waals surface area contributed by atoms with Crippen molar-refractivity contribution in [3.05, 3.63) is 18.0 Å². The summed E-state index contributed by atoms with van der Waals surface area (Å²) in [7, 11) is 3.63. The predicted octanol–water partition coefficient (Wildman–Crippen LogP) is 0.545. The van der Waals surface area contributed by atoms with E-state index in [1.54, 1.807) is 11.8 Å². The van der Waals surface area contributed by atoms with Crippen molar-refractivity contribution in [2.75, 3.05) is 13.7 Å². The lowest BCUT2D eigenvalue weighted by atomic mass is 10.3. The van der Waals surface area contributed by atoms with Gasteiger partial charge in [0.1, 0.15) is 0 Å². The number of aryl methyl sites for hydroxylation is 1. The number of nitrogens with one attached hydrogen (secondary N) is 1. The third kappa shape index (κ3) is 3.57. The van der Waals surface area contributed by atoms with Crippen molar-refractivity contribution < 1.29 is 4.74 Å². The fourth-order valence-corrected chi connectivity index (χ4v) is 1.16. The molecule has 0 aromatic carbocycles. The molecule has 0 saturated carbocycles. The van der Waals surface area contributed by atoms with E-state index in [9.17, 15) is 0 Å². The summed E-state index contributed by atoms with van der Waals surface area (Å²) in [6, 6.07) is 0.380. The van der Waals surface area contributed by atoms with E-state index in [1.165, 1.54) is 5.56 Å². The minimum absolute atomic E-state index is 0.380. The largest absolute Gasteiger partial charge is 0.383 e. The second-order valence-corrected chi connectivity index (χ2v) is 3.26. The van der Waals surface area contributed by atoms with E-state index in [0.29, 0.717) is 6.04 Å². The Labute approximate surface area is 78.9 Å². The zero-order valence-corrected chi connectivity index (χ0v) is 8.45. The van der Waals surface area contributed by atoms with Crippen LogP contribution in [0.2, 0.25) is 0 Å². The summed E-state index contributed by atoms with van der Waals surface area (Å²) in [4.78, 5) is 0. The highest BCUT2D eigenvalue weighted by Crippen LogP contribution is 1.96. The topological polar surface area (TPSA) is 39.1 Å². The molecule has 0 amide bonds. The van der Waals surface area contributed by atoms with E-state index in [1.807, 2.05) is 19.4 Å². The Kier molecular flexibility index (Phi) is 3.92. The van der Waals surface area contributed by atoms with Gasteiger partial charge in [0.05, 0.1) is 12.8 Å². The summed E-state index contributed by atoms with van der Waals surface area (Å²) in [5.41, 5.74) is 1.20. The lowest BCUT2D eigenvalue weighted by molar-refractivity contribution is 0.171. The smallest absolute Gasteiger partial charge is 0.0613 e. The van der Waals surface area contributed by atoms with Crippen LogP contribution in [0.3, 0.4) is 0 Å². The molecule has 0 aliphatic carbocycles. The third-order valence-corrected chi connectivity index (χ3v) is 1.83. The van der Waals surface area contributed by atoms with Crippen molar-refractivity contribution >= 4 is 0 Å². The minimum Gasteiger partial charge on any atom is -0.383 e. The molecular weight excluding hydrogens is 166 g/mol. The molecule has 74 valence electrons. The van der Waals surface area contributed by atoms with Crippen molar-refractivity contribution in [3.63, 3.8) is 0 Å². The molecule has 1 aromatic heterocycles. The monoisotopic (exact) mass is 183 g/mol. The molecule has 1 rings (SSSR count). The first-order valence-electron chi connectivity index (χ1n) is 4.42. The molecule has 1 aromatic rings. The van der Waals surface area contributed by atoms with E-state index in [2.05, 4.69) is 17.3 Å². The van der Waals surface area contributed by atoms with Gasteiger partial charge in [-0.15, -0.1) is 0 Å². The van der Waals surface area contributed by atoms with Gasteiger partial charge >= 0.3 is 0 Å². The van der Waals surface area contributed by atoms with Crippen LogP contribution >= 0.6 is 0 Å². The number of ether oxygens (including phenoxy) is 1. The molecule has 13 heavy (non-hydrogen) atoms. The Morgan fingerprint density at radius 1 is 1.69 bits per heavy atom. The summed E-state index contributed by atoms with van der Waals surface area (Å²) < 4.78 is 6.82. The summed E-state index contributed by atoms with van der Waals surface area (Å²) in [6.07, 6.45) is 3.87. The molecule has 0 saturated heterocycles. The number of rotatable bonds is 5. The molecule has 0 radical (unpaired) electrons. The quantitative estimate of drug-likeness (QED) is 0.724. The highest BCUT2D eigenvalue weighted by molar-refractivity contribution is 5.02. The number of nitrogens with zero attached hydrogens (tertiary/aromatic N) is 2. The molecule has 1 unspecified atom stereocenters. The average molecular weight is 183 g/mol. The highest BCUT2D eigenvalue weighted by Gasteiger charge is 2.01. The Balaban J connectivity index is 2.26. The van der Waals surface area contributed by atoms with E-state index in [0.717, 1.165) is 13.2 Å². The molecular formula is C9H17N3O. The van der Waals surface area contributed by atoms with Crippen molar-refractivity contribution in [3.8, 4) is 0 Å². The van der Waals surface area contributed by atoms with E-state index in [4.69, 9.17) is 4.74 Å². The minimum atomic E-state index is 0.380. The first-order valence-corrected chi connectivity index (χ1v) is 4.42. The van der Waals surface area contributed by atoms with Gasteiger partial charge in [-0.3, -0.25) is 4.68 Å². The molecule has 4 heteroatoms. The van der Waals surface area contributed by atoms with Crippen LogP contribution in [0.25, 0.3) is 0 Å². The molecule has 0 aliphatic heterocycles. The molecule has 0 spiro atoms. The molecule has 0 bridgehead atoms. The van der Waals surface area contributed by atoms with Gasteiger partial charge in [0.2, 0.25) is 0 Å². The van der Waals surface area contributed by atoms with Gasteiger partial charge in [-0.05, 0) is 6.92 Å². The van der Waals surface area contributed by atoms with Gasteiger partial charge in [-0.1, -0.05) is 0 Å². The average Bonchev–Trinajstić information content (AvgIpc) is 2.49. The van der Waals surface area contributed by atoms with Crippen LogP contribution in [-0.4, -0.2) is 29.5 Å². The van der Waals surface area contributed by atoms with Crippen LogP contribution in [0.5, 0.6) is 0 Å². The number of methoxy groups -OCH3 is 1. The van der Waals surface area contributed by atoms with Gasteiger partial charge in [0.15, 0.2) is 0 Å². The normalized spacial score (nSPS) is 13.2.